The third-order valence-electron chi connectivity index (χ3n) is 3.46. The van der Waals surface area contributed by atoms with Gasteiger partial charge in [0.2, 0.25) is 0 Å². The lowest BCUT2D eigenvalue weighted by Crippen LogP contribution is -2.32. The number of rotatable bonds is 8. The first-order chi connectivity index (χ1) is 9.80. The maximum Gasteiger partial charge on any atom is 0.135 e. The van der Waals surface area contributed by atoms with Crippen molar-refractivity contribution < 1.29 is 4.74 Å². The van der Waals surface area contributed by atoms with Gasteiger partial charge in [0, 0.05) is 31.7 Å². The lowest BCUT2D eigenvalue weighted by Gasteiger charge is -2.24. The summed E-state index contributed by atoms with van der Waals surface area (Å²) in [5.41, 5.74) is 0.826. The molecular formula is C16H30N4O. The van der Waals surface area contributed by atoms with E-state index in [1.54, 1.807) is 7.11 Å². The summed E-state index contributed by atoms with van der Waals surface area (Å²) < 4.78 is 5.45. The molecule has 21 heavy (non-hydrogen) atoms. The van der Waals surface area contributed by atoms with E-state index in [9.17, 15) is 0 Å². The molecule has 0 unspecified atom stereocenters. The molecule has 1 heterocycles. The van der Waals surface area contributed by atoms with Crippen LogP contribution in [-0.2, 0) is 4.74 Å². The number of hydrogen-bond acceptors (Lipinski definition) is 5. The van der Waals surface area contributed by atoms with Crippen LogP contribution in [0.5, 0.6) is 0 Å². The van der Waals surface area contributed by atoms with Gasteiger partial charge in [-0.25, -0.2) is 9.97 Å². The van der Waals surface area contributed by atoms with Gasteiger partial charge in [-0.1, -0.05) is 20.8 Å². The highest BCUT2D eigenvalue weighted by Crippen LogP contribution is 2.24. The van der Waals surface area contributed by atoms with E-state index in [2.05, 4.69) is 55.2 Å². The Morgan fingerprint density at radius 3 is 2.19 bits per heavy atom. The summed E-state index contributed by atoms with van der Waals surface area (Å²) in [7, 11) is 1.72. The molecule has 0 spiro atoms. The van der Waals surface area contributed by atoms with Gasteiger partial charge in [0.15, 0.2) is 0 Å². The predicted molar refractivity (Wildman–Crippen MR) is 89.2 cm³/mol. The quantitative estimate of drug-likeness (QED) is 0.767. The van der Waals surface area contributed by atoms with E-state index in [1.807, 2.05) is 6.92 Å². The van der Waals surface area contributed by atoms with E-state index in [1.165, 1.54) is 0 Å². The topological polar surface area (TPSA) is 59.1 Å². The molecule has 1 aromatic rings. The van der Waals surface area contributed by atoms with E-state index < -0.39 is 0 Å². The molecule has 120 valence electrons. The first kappa shape index (κ1) is 17.7. The lowest BCUT2D eigenvalue weighted by molar-refractivity contribution is 0.0343. The Kier molecular flexibility index (Phi) is 6.40. The second-order valence-corrected chi connectivity index (χ2v) is 6.30. The van der Waals surface area contributed by atoms with Crippen molar-refractivity contribution in [1.82, 2.24) is 9.97 Å². The number of aromatic nitrogens is 2. The zero-order chi connectivity index (χ0) is 16.0. The smallest absolute Gasteiger partial charge is 0.135 e. The minimum absolute atomic E-state index is 0.230. The minimum Gasteiger partial charge on any atom is -0.377 e. The van der Waals surface area contributed by atoms with Crippen molar-refractivity contribution in [3.05, 3.63) is 11.4 Å². The number of nitrogens with zero attached hydrogens (tertiary/aromatic N) is 2. The maximum atomic E-state index is 5.45. The lowest BCUT2D eigenvalue weighted by atomic mass is 10.1. The van der Waals surface area contributed by atoms with Crippen LogP contribution in [0.1, 0.15) is 58.3 Å². The first-order valence-electron chi connectivity index (χ1n) is 7.72. The van der Waals surface area contributed by atoms with Crippen LogP contribution in [0, 0.1) is 6.92 Å². The molecule has 5 heteroatoms. The molecule has 0 saturated heterocycles. The zero-order valence-electron chi connectivity index (χ0n) is 14.5. The summed E-state index contributed by atoms with van der Waals surface area (Å²) in [6.07, 6.45) is 1.07. The van der Waals surface area contributed by atoms with Gasteiger partial charge in [-0.05, 0) is 27.2 Å². The van der Waals surface area contributed by atoms with E-state index in [0.717, 1.165) is 36.0 Å². The molecular weight excluding hydrogens is 264 g/mol. The highest BCUT2D eigenvalue weighted by atomic mass is 16.5. The number of methoxy groups -OCH3 is 1. The predicted octanol–water partition coefficient (Wildman–Crippen LogP) is 3.57. The number of nitrogens with one attached hydrogen (secondary N) is 2. The summed E-state index contributed by atoms with van der Waals surface area (Å²) >= 11 is 0. The number of anilines is 2. The average Bonchev–Trinajstić information content (AvgIpc) is 2.44. The molecule has 2 N–H and O–H groups in total. The molecule has 1 aromatic heterocycles. The van der Waals surface area contributed by atoms with Gasteiger partial charge in [0.05, 0.1) is 5.60 Å². The molecule has 0 aliphatic heterocycles. The average molecular weight is 294 g/mol. The van der Waals surface area contributed by atoms with E-state index >= 15 is 0 Å². The summed E-state index contributed by atoms with van der Waals surface area (Å²) in [5.74, 6) is 2.96. The van der Waals surface area contributed by atoms with Crippen LogP contribution in [0.15, 0.2) is 0 Å². The van der Waals surface area contributed by atoms with Crippen molar-refractivity contribution in [2.24, 2.45) is 0 Å². The number of ether oxygens (including phenoxy) is 1. The number of hydrogen-bond donors (Lipinski definition) is 2. The SMILES string of the molecule is CCCNc1nc(C(C)C)nc(NCC(C)(C)OC)c1C. The largest absolute Gasteiger partial charge is 0.377 e. The van der Waals surface area contributed by atoms with Crippen molar-refractivity contribution in [3.63, 3.8) is 0 Å². The molecule has 0 radical (unpaired) electrons. The van der Waals surface area contributed by atoms with Crippen LogP contribution >= 0.6 is 0 Å². The molecule has 1 rings (SSSR count). The molecule has 5 nitrogen and oxygen atoms in total. The Bertz CT molecular complexity index is 458. The zero-order valence-corrected chi connectivity index (χ0v) is 14.5. The van der Waals surface area contributed by atoms with Crippen LogP contribution in [0.3, 0.4) is 0 Å². The molecule has 0 atom stereocenters. The second-order valence-electron chi connectivity index (χ2n) is 6.30. The third kappa shape index (κ3) is 5.16. The van der Waals surface area contributed by atoms with Gasteiger partial charge in [-0.3, -0.25) is 0 Å². The fourth-order valence-corrected chi connectivity index (χ4v) is 1.75. The standard InChI is InChI=1S/C16H30N4O/c1-8-9-17-14-12(4)15(18-10-16(5,6)21-7)20-13(19-14)11(2)3/h11H,8-10H2,1-7H3,(H2,17,18,19,20). The monoisotopic (exact) mass is 294 g/mol. The second kappa shape index (κ2) is 7.59. The van der Waals surface area contributed by atoms with Crippen molar-refractivity contribution >= 4 is 11.6 Å². The van der Waals surface area contributed by atoms with Gasteiger partial charge in [-0.15, -0.1) is 0 Å². The molecule has 0 aromatic carbocycles. The maximum absolute atomic E-state index is 5.45. The Balaban J connectivity index is 3.02. The molecule has 0 amide bonds. The van der Waals surface area contributed by atoms with Crippen LogP contribution < -0.4 is 10.6 Å². The molecule has 0 bridgehead atoms. The van der Waals surface area contributed by atoms with Crippen molar-refractivity contribution in [3.8, 4) is 0 Å². The Labute approximate surface area is 128 Å². The fourth-order valence-electron chi connectivity index (χ4n) is 1.75. The van der Waals surface area contributed by atoms with Gasteiger partial charge < -0.3 is 15.4 Å². The Morgan fingerprint density at radius 1 is 1.14 bits per heavy atom. The van der Waals surface area contributed by atoms with E-state index in [4.69, 9.17) is 4.74 Å². The van der Waals surface area contributed by atoms with Crippen LogP contribution in [0.25, 0.3) is 0 Å². The minimum atomic E-state index is -0.230. The summed E-state index contributed by atoms with van der Waals surface area (Å²) in [5, 5.41) is 6.79. The highest BCUT2D eigenvalue weighted by molar-refractivity contribution is 5.57. The molecule has 0 saturated carbocycles. The fraction of sp³-hybridized carbons (Fsp3) is 0.750. The molecule has 0 aliphatic rings. The van der Waals surface area contributed by atoms with Gasteiger partial charge in [0.1, 0.15) is 17.5 Å². The Hall–Kier alpha value is -1.36. The van der Waals surface area contributed by atoms with Gasteiger partial charge in [-0.2, -0.15) is 0 Å². The summed E-state index contributed by atoms with van der Waals surface area (Å²) in [6, 6.07) is 0. The van der Waals surface area contributed by atoms with Crippen molar-refractivity contribution in [2.45, 2.75) is 59.5 Å². The summed E-state index contributed by atoms with van der Waals surface area (Å²) in [4.78, 5) is 9.30. The van der Waals surface area contributed by atoms with Crippen LogP contribution in [0.4, 0.5) is 11.6 Å². The van der Waals surface area contributed by atoms with Gasteiger partial charge >= 0.3 is 0 Å². The summed E-state index contributed by atoms with van der Waals surface area (Å²) in [6.45, 7) is 14.1. The van der Waals surface area contributed by atoms with Crippen molar-refractivity contribution in [2.75, 3.05) is 30.8 Å². The van der Waals surface area contributed by atoms with Crippen LogP contribution in [0.2, 0.25) is 0 Å². The Morgan fingerprint density at radius 2 is 1.71 bits per heavy atom. The highest BCUT2D eigenvalue weighted by Gasteiger charge is 2.18. The normalized spacial score (nSPS) is 11.8. The third-order valence-corrected chi connectivity index (χ3v) is 3.46. The molecule has 0 fully saturated rings. The molecule has 0 aliphatic carbocycles. The van der Waals surface area contributed by atoms with Crippen LogP contribution in [-0.4, -0.2) is 35.8 Å². The van der Waals surface area contributed by atoms with Crippen molar-refractivity contribution in [1.29, 1.82) is 0 Å². The first-order valence-corrected chi connectivity index (χ1v) is 7.72. The van der Waals surface area contributed by atoms with Gasteiger partial charge in [0.25, 0.3) is 0 Å². The van der Waals surface area contributed by atoms with E-state index in [-0.39, 0.29) is 5.60 Å². The van der Waals surface area contributed by atoms with E-state index in [0.29, 0.717) is 12.5 Å².